The van der Waals surface area contributed by atoms with Crippen molar-refractivity contribution in [2.45, 2.75) is 13.3 Å². The first-order chi connectivity index (χ1) is 9.76. The van der Waals surface area contributed by atoms with E-state index in [4.69, 9.17) is 0 Å². The number of hydrogen-bond donors (Lipinski definition) is 3. The Labute approximate surface area is 119 Å². The van der Waals surface area contributed by atoms with Crippen LogP contribution in [0.1, 0.15) is 10.7 Å². The van der Waals surface area contributed by atoms with Gasteiger partial charge in [-0.25, -0.2) is 9.97 Å². The lowest BCUT2D eigenvalue weighted by atomic mass is 10.4. The van der Waals surface area contributed by atoms with Gasteiger partial charge in [0.05, 0.1) is 11.3 Å². The zero-order valence-electron chi connectivity index (χ0n) is 11.3. The average molecular weight is 289 g/mol. The summed E-state index contributed by atoms with van der Waals surface area (Å²) >= 11 is 1.68. The molecule has 3 N–H and O–H groups in total. The summed E-state index contributed by atoms with van der Waals surface area (Å²) in [4.78, 5) is 20.3. The highest BCUT2D eigenvalue weighted by molar-refractivity contribution is 7.09. The average Bonchev–Trinajstić information content (AvgIpc) is 3.07. The molecule has 3 aromatic heterocycles. The maximum absolute atomic E-state index is 4.44. The molecule has 0 atom stereocenters. The van der Waals surface area contributed by atoms with Crippen molar-refractivity contribution < 1.29 is 0 Å². The fourth-order valence-corrected chi connectivity index (χ4v) is 2.65. The van der Waals surface area contributed by atoms with Crippen LogP contribution >= 0.6 is 11.3 Å². The number of anilines is 2. The molecule has 0 saturated heterocycles. The number of nitrogens with zero attached hydrogens (tertiary/aromatic N) is 4. The molecule has 0 bridgehead atoms. The van der Waals surface area contributed by atoms with Crippen molar-refractivity contribution in [2.75, 3.05) is 24.2 Å². The molecule has 20 heavy (non-hydrogen) atoms. The van der Waals surface area contributed by atoms with Gasteiger partial charge >= 0.3 is 0 Å². The standard InChI is InChI=1S/C12H15N7S/c1-7-5-20-8(17-7)3-4-14-10-9-11(16-6-15-9)19-12(13-2)18-10/h5-6H,3-4H2,1-2H3,(H3,13,14,15,16,18,19). The quantitative estimate of drug-likeness (QED) is 0.663. The first-order valence-corrected chi connectivity index (χ1v) is 7.18. The van der Waals surface area contributed by atoms with Gasteiger partial charge in [0.25, 0.3) is 0 Å². The number of H-pyrrole nitrogens is 1. The van der Waals surface area contributed by atoms with Crippen molar-refractivity contribution in [1.29, 1.82) is 0 Å². The summed E-state index contributed by atoms with van der Waals surface area (Å²) in [7, 11) is 1.79. The van der Waals surface area contributed by atoms with Crippen molar-refractivity contribution in [3.8, 4) is 0 Å². The summed E-state index contributed by atoms with van der Waals surface area (Å²) in [5.41, 5.74) is 2.54. The SMILES string of the molecule is CNc1nc(NCCc2nc(C)cs2)c2[nH]cnc2n1. The molecule has 0 fully saturated rings. The Kier molecular flexibility index (Phi) is 3.46. The molecule has 3 aromatic rings. The number of aromatic amines is 1. The molecule has 0 aromatic carbocycles. The van der Waals surface area contributed by atoms with Gasteiger partial charge in [0, 0.05) is 31.1 Å². The fourth-order valence-electron chi connectivity index (χ4n) is 1.88. The number of rotatable bonds is 5. The second kappa shape index (κ2) is 5.41. The van der Waals surface area contributed by atoms with Crippen LogP contribution in [0.5, 0.6) is 0 Å². The third-order valence-corrected chi connectivity index (χ3v) is 3.83. The normalized spacial score (nSPS) is 10.9. The van der Waals surface area contributed by atoms with E-state index in [0.717, 1.165) is 35.0 Å². The van der Waals surface area contributed by atoms with Crippen molar-refractivity contribution >= 4 is 34.3 Å². The Morgan fingerprint density at radius 1 is 1.30 bits per heavy atom. The van der Waals surface area contributed by atoms with Gasteiger partial charge in [-0.1, -0.05) is 0 Å². The van der Waals surface area contributed by atoms with Gasteiger partial charge < -0.3 is 15.6 Å². The van der Waals surface area contributed by atoms with Crippen molar-refractivity contribution in [1.82, 2.24) is 24.9 Å². The summed E-state index contributed by atoms with van der Waals surface area (Å²) in [6, 6.07) is 0. The molecule has 0 aliphatic carbocycles. The zero-order chi connectivity index (χ0) is 13.9. The minimum absolute atomic E-state index is 0.553. The molecule has 104 valence electrons. The van der Waals surface area contributed by atoms with Gasteiger partial charge in [-0.3, -0.25) is 0 Å². The highest BCUT2D eigenvalue weighted by atomic mass is 32.1. The molecule has 0 unspecified atom stereocenters. The molecule has 8 heteroatoms. The van der Waals surface area contributed by atoms with E-state index < -0.39 is 0 Å². The van der Waals surface area contributed by atoms with E-state index in [9.17, 15) is 0 Å². The molecule has 0 saturated carbocycles. The molecule has 0 spiro atoms. The number of hydrogen-bond acceptors (Lipinski definition) is 7. The van der Waals surface area contributed by atoms with Crippen LogP contribution in [0.25, 0.3) is 11.2 Å². The van der Waals surface area contributed by atoms with E-state index in [2.05, 4.69) is 40.9 Å². The molecular weight excluding hydrogens is 274 g/mol. The summed E-state index contributed by atoms with van der Waals surface area (Å²) in [5.74, 6) is 1.31. The number of aryl methyl sites for hydroxylation is 1. The lowest BCUT2D eigenvalue weighted by Gasteiger charge is -2.07. The van der Waals surface area contributed by atoms with Crippen molar-refractivity contribution in [3.05, 3.63) is 22.4 Å². The van der Waals surface area contributed by atoms with Gasteiger partial charge in [-0.15, -0.1) is 11.3 Å². The van der Waals surface area contributed by atoms with Crippen LogP contribution in [0.15, 0.2) is 11.7 Å². The van der Waals surface area contributed by atoms with E-state index in [1.54, 1.807) is 24.7 Å². The first kappa shape index (κ1) is 12.8. The lowest BCUT2D eigenvalue weighted by Crippen LogP contribution is -2.08. The van der Waals surface area contributed by atoms with Crippen LogP contribution in [0.3, 0.4) is 0 Å². The van der Waals surface area contributed by atoms with Gasteiger partial charge in [-0.2, -0.15) is 9.97 Å². The largest absolute Gasteiger partial charge is 0.368 e. The number of nitrogens with one attached hydrogen (secondary N) is 3. The predicted molar refractivity (Wildman–Crippen MR) is 80.3 cm³/mol. The Bertz CT molecular complexity index is 717. The van der Waals surface area contributed by atoms with Crippen LogP contribution in [0.4, 0.5) is 11.8 Å². The Morgan fingerprint density at radius 2 is 2.20 bits per heavy atom. The van der Waals surface area contributed by atoms with E-state index in [1.807, 2.05) is 6.92 Å². The summed E-state index contributed by atoms with van der Waals surface area (Å²) in [6.45, 7) is 2.77. The number of aromatic nitrogens is 5. The van der Waals surface area contributed by atoms with Crippen LogP contribution in [0.2, 0.25) is 0 Å². The van der Waals surface area contributed by atoms with Gasteiger partial charge in [0.1, 0.15) is 5.52 Å². The highest BCUT2D eigenvalue weighted by Crippen LogP contribution is 2.18. The first-order valence-electron chi connectivity index (χ1n) is 6.30. The van der Waals surface area contributed by atoms with E-state index in [1.165, 1.54) is 0 Å². The minimum Gasteiger partial charge on any atom is -0.368 e. The number of fused-ring (bicyclic) bond motifs is 1. The third kappa shape index (κ3) is 2.55. The molecule has 7 nitrogen and oxygen atoms in total. The summed E-state index contributed by atoms with van der Waals surface area (Å²) < 4.78 is 0. The van der Waals surface area contributed by atoms with Gasteiger partial charge in [0.15, 0.2) is 11.5 Å². The van der Waals surface area contributed by atoms with Crippen LogP contribution in [0, 0.1) is 6.92 Å². The van der Waals surface area contributed by atoms with E-state index in [-0.39, 0.29) is 0 Å². The highest BCUT2D eigenvalue weighted by Gasteiger charge is 2.09. The monoisotopic (exact) mass is 289 g/mol. The van der Waals surface area contributed by atoms with Crippen LogP contribution in [-0.2, 0) is 6.42 Å². The molecule has 3 heterocycles. The second-order valence-corrected chi connectivity index (χ2v) is 5.25. The molecule has 0 amide bonds. The third-order valence-electron chi connectivity index (χ3n) is 2.81. The maximum atomic E-state index is 4.44. The number of imidazole rings is 1. The zero-order valence-corrected chi connectivity index (χ0v) is 12.1. The second-order valence-electron chi connectivity index (χ2n) is 4.31. The molecule has 0 aliphatic heterocycles. The summed E-state index contributed by atoms with van der Waals surface area (Å²) in [6.07, 6.45) is 2.49. The Morgan fingerprint density at radius 3 is 2.95 bits per heavy atom. The summed E-state index contributed by atoms with van der Waals surface area (Å²) in [5, 5.41) is 9.43. The molecular formula is C12H15N7S. The molecule has 0 radical (unpaired) electrons. The Hall–Kier alpha value is -2.22. The molecule has 0 aliphatic rings. The topological polar surface area (TPSA) is 91.4 Å². The lowest BCUT2D eigenvalue weighted by molar-refractivity contribution is 0.977. The Balaban J connectivity index is 1.74. The van der Waals surface area contributed by atoms with Crippen LogP contribution < -0.4 is 10.6 Å². The van der Waals surface area contributed by atoms with Gasteiger partial charge in [0.2, 0.25) is 5.95 Å². The van der Waals surface area contributed by atoms with Crippen LogP contribution in [-0.4, -0.2) is 38.5 Å². The van der Waals surface area contributed by atoms with Crippen molar-refractivity contribution in [2.24, 2.45) is 0 Å². The van der Waals surface area contributed by atoms with Crippen molar-refractivity contribution in [3.63, 3.8) is 0 Å². The van der Waals surface area contributed by atoms with E-state index >= 15 is 0 Å². The smallest absolute Gasteiger partial charge is 0.226 e. The minimum atomic E-state index is 0.553. The maximum Gasteiger partial charge on any atom is 0.226 e. The van der Waals surface area contributed by atoms with Gasteiger partial charge in [-0.05, 0) is 6.92 Å². The fraction of sp³-hybridized carbons (Fsp3) is 0.333. The number of thiazole rings is 1. The molecule has 3 rings (SSSR count). The predicted octanol–water partition coefficient (Wildman–Crippen LogP) is 1.81. The van der Waals surface area contributed by atoms with E-state index in [0.29, 0.717) is 11.6 Å².